The van der Waals surface area contributed by atoms with E-state index in [4.69, 9.17) is 4.74 Å². The molecule has 0 aliphatic carbocycles. The Kier molecular flexibility index (Phi) is 6.58. The van der Waals surface area contributed by atoms with Crippen molar-refractivity contribution in [3.05, 3.63) is 77.9 Å². The molecular formula is C23H24N2O2. The molecule has 0 aliphatic rings. The van der Waals surface area contributed by atoms with E-state index in [1.54, 1.807) is 6.21 Å². The average Bonchev–Trinajstić information content (AvgIpc) is 2.70. The highest BCUT2D eigenvalue weighted by Crippen LogP contribution is 2.19. The Bertz CT molecular complexity index is 929. The summed E-state index contributed by atoms with van der Waals surface area (Å²) in [5.41, 5.74) is 4.45. The minimum Gasteiger partial charge on any atom is -0.493 e. The number of nitrogens with zero attached hydrogens (tertiary/aromatic N) is 1. The molecule has 4 heteroatoms. The van der Waals surface area contributed by atoms with E-state index in [0.717, 1.165) is 40.5 Å². The summed E-state index contributed by atoms with van der Waals surface area (Å²) >= 11 is 0. The van der Waals surface area contributed by atoms with Gasteiger partial charge >= 0.3 is 0 Å². The first-order chi connectivity index (χ1) is 13.3. The Morgan fingerprint density at radius 2 is 1.81 bits per heavy atom. The Balaban J connectivity index is 1.62. The highest BCUT2D eigenvalue weighted by Gasteiger charge is 2.06. The van der Waals surface area contributed by atoms with Crippen LogP contribution in [0.5, 0.6) is 5.75 Å². The van der Waals surface area contributed by atoms with Gasteiger partial charge < -0.3 is 4.74 Å². The number of benzene rings is 3. The lowest BCUT2D eigenvalue weighted by atomic mass is 10.0. The van der Waals surface area contributed by atoms with Crippen LogP contribution >= 0.6 is 0 Å². The molecule has 0 fully saturated rings. The van der Waals surface area contributed by atoms with Gasteiger partial charge in [-0.3, -0.25) is 4.79 Å². The predicted molar refractivity (Wildman–Crippen MR) is 110 cm³/mol. The fourth-order valence-corrected chi connectivity index (χ4v) is 2.88. The second-order valence-electron chi connectivity index (χ2n) is 6.35. The smallest absolute Gasteiger partial charge is 0.244 e. The van der Waals surface area contributed by atoms with E-state index in [0.29, 0.717) is 6.61 Å². The van der Waals surface area contributed by atoms with Crippen molar-refractivity contribution >= 4 is 22.9 Å². The maximum atomic E-state index is 12.3. The SMILES string of the molecule is CCCCOc1ccccc1/C=N/NC(=O)Cc1cccc2ccccc12. The van der Waals surface area contributed by atoms with Gasteiger partial charge in [-0.25, -0.2) is 5.43 Å². The molecule has 0 aliphatic heterocycles. The largest absolute Gasteiger partial charge is 0.493 e. The van der Waals surface area contributed by atoms with Gasteiger partial charge in [0.15, 0.2) is 0 Å². The number of rotatable bonds is 8. The minimum atomic E-state index is -0.146. The topological polar surface area (TPSA) is 50.7 Å². The monoisotopic (exact) mass is 360 g/mol. The van der Waals surface area contributed by atoms with Crippen molar-refractivity contribution in [3.8, 4) is 5.75 Å². The lowest BCUT2D eigenvalue weighted by Crippen LogP contribution is -2.20. The molecule has 0 aromatic heterocycles. The van der Waals surface area contributed by atoms with Crippen LogP contribution in [0.4, 0.5) is 0 Å². The summed E-state index contributed by atoms with van der Waals surface area (Å²) in [4.78, 5) is 12.3. The second kappa shape index (κ2) is 9.53. The summed E-state index contributed by atoms with van der Waals surface area (Å²) in [6, 6.07) is 21.7. The lowest BCUT2D eigenvalue weighted by Gasteiger charge is -2.08. The normalized spacial score (nSPS) is 11.0. The third-order valence-electron chi connectivity index (χ3n) is 4.30. The van der Waals surface area contributed by atoms with Crippen molar-refractivity contribution in [2.24, 2.45) is 5.10 Å². The number of hydrogen-bond acceptors (Lipinski definition) is 3. The van der Waals surface area contributed by atoms with Crippen molar-refractivity contribution < 1.29 is 9.53 Å². The van der Waals surface area contributed by atoms with Gasteiger partial charge in [-0.1, -0.05) is 67.9 Å². The van der Waals surface area contributed by atoms with Gasteiger partial charge in [-0.15, -0.1) is 0 Å². The summed E-state index contributed by atoms with van der Waals surface area (Å²) in [6.07, 6.45) is 4.00. The summed E-state index contributed by atoms with van der Waals surface area (Å²) in [7, 11) is 0. The molecule has 0 spiro atoms. The number of ether oxygens (including phenoxy) is 1. The molecule has 3 aromatic rings. The molecule has 138 valence electrons. The maximum absolute atomic E-state index is 12.3. The van der Waals surface area contributed by atoms with Crippen LogP contribution in [0.3, 0.4) is 0 Å². The summed E-state index contributed by atoms with van der Waals surface area (Å²) < 4.78 is 5.77. The van der Waals surface area contributed by atoms with Crippen molar-refractivity contribution in [1.82, 2.24) is 5.43 Å². The Morgan fingerprint density at radius 1 is 1.04 bits per heavy atom. The van der Waals surface area contributed by atoms with Gasteiger partial charge in [0.05, 0.1) is 19.2 Å². The molecule has 1 amide bonds. The zero-order chi connectivity index (χ0) is 18.9. The molecule has 1 N–H and O–H groups in total. The van der Waals surface area contributed by atoms with E-state index >= 15 is 0 Å². The molecule has 4 nitrogen and oxygen atoms in total. The van der Waals surface area contributed by atoms with E-state index < -0.39 is 0 Å². The number of amides is 1. The Hall–Kier alpha value is -3.14. The highest BCUT2D eigenvalue weighted by atomic mass is 16.5. The van der Waals surface area contributed by atoms with Gasteiger partial charge in [-0.2, -0.15) is 5.10 Å². The molecule has 0 atom stereocenters. The van der Waals surface area contributed by atoms with Gasteiger partial charge in [0, 0.05) is 5.56 Å². The molecule has 0 radical (unpaired) electrons. The van der Waals surface area contributed by atoms with E-state index in [9.17, 15) is 4.79 Å². The maximum Gasteiger partial charge on any atom is 0.244 e. The van der Waals surface area contributed by atoms with Gasteiger partial charge in [0.1, 0.15) is 5.75 Å². The van der Waals surface area contributed by atoms with Crippen LogP contribution in [0.25, 0.3) is 10.8 Å². The summed E-state index contributed by atoms with van der Waals surface area (Å²) in [6.45, 7) is 2.80. The standard InChI is InChI=1S/C23H24N2O2/c1-2-3-15-27-22-14-7-5-10-20(22)17-24-25-23(26)16-19-12-8-11-18-9-4-6-13-21(18)19/h4-14,17H,2-3,15-16H2,1H3,(H,25,26)/b24-17+. The molecule has 3 rings (SSSR count). The van der Waals surface area contributed by atoms with Gasteiger partial charge in [0.2, 0.25) is 5.91 Å². The lowest BCUT2D eigenvalue weighted by molar-refractivity contribution is -0.120. The third kappa shape index (κ3) is 5.17. The summed E-state index contributed by atoms with van der Waals surface area (Å²) in [5.74, 6) is 0.630. The van der Waals surface area contributed by atoms with E-state index in [-0.39, 0.29) is 12.3 Å². The fraction of sp³-hybridized carbons (Fsp3) is 0.217. The highest BCUT2D eigenvalue weighted by molar-refractivity contribution is 5.91. The first kappa shape index (κ1) is 18.6. The molecular weight excluding hydrogens is 336 g/mol. The number of hydrogen-bond donors (Lipinski definition) is 1. The van der Waals surface area contributed by atoms with Crippen molar-refractivity contribution in [1.29, 1.82) is 0 Å². The zero-order valence-electron chi connectivity index (χ0n) is 15.5. The fourth-order valence-electron chi connectivity index (χ4n) is 2.88. The number of carbonyl (C=O) groups excluding carboxylic acids is 1. The predicted octanol–water partition coefficient (Wildman–Crippen LogP) is 4.71. The molecule has 0 saturated carbocycles. The van der Waals surface area contributed by atoms with Crippen molar-refractivity contribution in [2.75, 3.05) is 6.61 Å². The van der Waals surface area contributed by atoms with E-state index in [1.165, 1.54) is 0 Å². The Morgan fingerprint density at radius 3 is 2.70 bits per heavy atom. The first-order valence-corrected chi connectivity index (χ1v) is 9.28. The van der Waals surface area contributed by atoms with Crippen LogP contribution < -0.4 is 10.2 Å². The van der Waals surface area contributed by atoms with Crippen LogP contribution in [0.1, 0.15) is 30.9 Å². The molecule has 0 saturated heterocycles. The average molecular weight is 360 g/mol. The van der Waals surface area contributed by atoms with Crippen molar-refractivity contribution in [2.45, 2.75) is 26.2 Å². The number of carbonyl (C=O) groups is 1. The molecule has 0 unspecified atom stereocenters. The molecule has 27 heavy (non-hydrogen) atoms. The number of para-hydroxylation sites is 1. The quantitative estimate of drug-likeness (QED) is 0.359. The van der Waals surface area contributed by atoms with Crippen LogP contribution in [0.15, 0.2) is 71.8 Å². The van der Waals surface area contributed by atoms with Crippen molar-refractivity contribution in [3.63, 3.8) is 0 Å². The number of hydrazone groups is 1. The first-order valence-electron chi connectivity index (χ1n) is 9.28. The number of fused-ring (bicyclic) bond motifs is 1. The minimum absolute atomic E-state index is 0.146. The molecule has 0 bridgehead atoms. The van der Waals surface area contributed by atoms with E-state index in [1.807, 2.05) is 66.7 Å². The van der Waals surface area contributed by atoms with E-state index in [2.05, 4.69) is 17.5 Å². The van der Waals surface area contributed by atoms with Crippen LogP contribution in [-0.4, -0.2) is 18.7 Å². The van der Waals surface area contributed by atoms with Crippen LogP contribution in [0.2, 0.25) is 0 Å². The zero-order valence-corrected chi connectivity index (χ0v) is 15.5. The molecule has 3 aromatic carbocycles. The molecule has 0 heterocycles. The van der Waals surface area contributed by atoms with Gasteiger partial charge in [-0.05, 0) is 34.9 Å². The number of unbranched alkanes of at least 4 members (excludes halogenated alkanes) is 1. The Labute approximate surface area is 159 Å². The van der Waals surface area contributed by atoms with Crippen LogP contribution in [0, 0.1) is 0 Å². The second-order valence-corrected chi connectivity index (χ2v) is 6.35. The third-order valence-corrected chi connectivity index (χ3v) is 4.30. The number of nitrogens with one attached hydrogen (secondary N) is 1. The van der Waals surface area contributed by atoms with Gasteiger partial charge in [0.25, 0.3) is 0 Å². The van der Waals surface area contributed by atoms with Crippen LogP contribution in [-0.2, 0) is 11.2 Å². The summed E-state index contributed by atoms with van der Waals surface area (Å²) in [5, 5.41) is 6.32.